The maximum absolute atomic E-state index is 6.12. The number of nitrogens with zero attached hydrogens (tertiary/aromatic N) is 4. The number of nitrogen functional groups attached to an aromatic ring is 1. The third-order valence-corrected chi connectivity index (χ3v) is 5.62. The molecule has 4 atom stereocenters. The Kier molecular flexibility index (Phi) is 4.10. The molecule has 0 bridgehead atoms. The number of thiol groups is 1. The van der Waals surface area contributed by atoms with Crippen LogP contribution in [0.3, 0.4) is 0 Å². The maximum atomic E-state index is 6.12. The Morgan fingerprint density at radius 2 is 2.35 bits per heavy atom. The molecule has 3 rings (SSSR count). The highest BCUT2D eigenvalue weighted by molar-refractivity contribution is 8.38. The van der Waals surface area contributed by atoms with Crippen LogP contribution in [0.15, 0.2) is 12.7 Å². The molecule has 2 N–H and O–H groups in total. The maximum Gasteiger partial charge on any atom is 0.167 e. The lowest BCUT2D eigenvalue weighted by Crippen LogP contribution is -2.14. The summed E-state index contributed by atoms with van der Waals surface area (Å²) < 4.78 is 8.08. The molecule has 0 saturated carbocycles. The van der Waals surface area contributed by atoms with Gasteiger partial charge < -0.3 is 10.5 Å². The van der Waals surface area contributed by atoms with Crippen molar-refractivity contribution in [2.24, 2.45) is 0 Å². The standard InChI is InChI=1S/C12H18N5OPS/c1-7(19-20)4-8-2-3-9(18-8)17-6-16-10-11(13)14-5-15-12(10)17/h5-9,19-20H,2-4H2,1H3,(H2,13,14,15). The molecule has 6 nitrogen and oxygen atoms in total. The number of anilines is 1. The summed E-state index contributed by atoms with van der Waals surface area (Å²) in [6.45, 7) is 2.21. The van der Waals surface area contributed by atoms with Crippen molar-refractivity contribution < 1.29 is 4.74 Å². The molecule has 108 valence electrons. The first-order valence-corrected chi connectivity index (χ1v) is 9.03. The van der Waals surface area contributed by atoms with Crippen molar-refractivity contribution in [3.8, 4) is 0 Å². The fourth-order valence-electron chi connectivity index (χ4n) is 2.59. The number of imidazole rings is 1. The van der Waals surface area contributed by atoms with Crippen molar-refractivity contribution in [3.63, 3.8) is 0 Å². The van der Waals surface area contributed by atoms with Crippen LogP contribution in [-0.2, 0) is 4.74 Å². The lowest BCUT2D eigenvalue weighted by molar-refractivity contribution is 0.00106. The van der Waals surface area contributed by atoms with Gasteiger partial charge >= 0.3 is 0 Å². The molecule has 8 heteroatoms. The van der Waals surface area contributed by atoms with Gasteiger partial charge in [0.1, 0.15) is 18.1 Å². The lowest BCUT2D eigenvalue weighted by atomic mass is 10.1. The van der Waals surface area contributed by atoms with E-state index in [1.807, 2.05) is 4.57 Å². The minimum absolute atomic E-state index is 0.00486. The van der Waals surface area contributed by atoms with Crippen molar-refractivity contribution in [1.29, 1.82) is 0 Å². The molecule has 3 heterocycles. The van der Waals surface area contributed by atoms with E-state index in [4.69, 9.17) is 10.5 Å². The number of ether oxygens (including phenoxy) is 1. The van der Waals surface area contributed by atoms with Gasteiger partial charge in [0.25, 0.3) is 0 Å². The van der Waals surface area contributed by atoms with E-state index in [9.17, 15) is 0 Å². The summed E-state index contributed by atoms with van der Waals surface area (Å²) in [4.78, 5) is 12.5. The normalized spacial score (nSPS) is 24.9. The van der Waals surface area contributed by atoms with Crippen molar-refractivity contribution in [2.75, 3.05) is 5.73 Å². The zero-order chi connectivity index (χ0) is 14.1. The number of fused-ring (bicyclic) bond motifs is 1. The van der Waals surface area contributed by atoms with Crippen molar-refractivity contribution in [2.45, 2.75) is 44.2 Å². The predicted octanol–water partition coefficient (Wildman–Crippen LogP) is 2.39. The van der Waals surface area contributed by atoms with Crippen LogP contribution in [0.25, 0.3) is 11.2 Å². The van der Waals surface area contributed by atoms with Crippen LogP contribution in [0.2, 0.25) is 0 Å². The van der Waals surface area contributed by atoms with E-state index >= 15 is 0 Å². The Morgan fingerprint density at radius 1 is 1.50 bits per heavy atom. The molecular formula is C12H18N5OPS. The number of hydrogen-bond donors (Lipinski definition) is 2. The summed E-state index contributed by atoms with van der Waals surface area (Å²) in [6, 6.07) is 0. The average molecular weight is 311 g/mol. The molecule has 1 aliphatic rings. The Labute approximate surface area is 124 Å². The Balaban J connectivity index is 1.78. The molecule has 0 aliphatic carbocycles. The largest absolute Gasteiger partial charge is 0.382 e. The number of hydrogen-bond acceptors (Lipinski definition) is 6. The number of aromatic nitrogens is 4. The molecule has 1 fully saturated rings. The van der Waals surface area contributed by atoms with Gasteiger partial charge in [0.05, 0.1) is 12.4 Å². The second-order valence-corrected chi connectivity index (χ2v) is 7.16. The van der Waals surface area contributed by atoms with E-state index in [0.29, 0.717) is 30.9 Å². The smallest absolute Gasteiger partial charge is 0.167 e. The van der Waals surface area contributed by atoms with Gasteiger partial charge in [-0.25, -0.2) is 15.0 Å². The summed E-state index contributed by atoms with van der Waals surface area (Å²) in [6.07, 6.45) is 6.60. The fourth-order valence-corrected chi connectivity index (χ4v) is 3.28. The minimum atomic E-state index is -0.00486. The van der Waals surface area contributed by atoms with Gasteiger partial charge in [-0.3, -0.25) is 4.57 Å². The molecule has 2 aromatic rings. The van der Waals surface area contributed by atoms with E-state index in [2.05, 4.69) is 34.1 Å². The zero-order valence-corrected chi connectivity index (χ0v) is 13.1. The molecule has 1 aliphatic heterocycles. The van der Waals surface area contributed by atoms with E-state index in [0.717, 1.165) is 24.9 Å². The highest BCUT2D eigenvalue weighted by Gasteiger charge is 2.28. The van der Waals surface area contributed by atoms with Crippen LogP contribution >= 0.6 is 20.0 Å². The molecule has 4 unspecified atom stereocenters. The van der Waals surface area contributed by atoms with Gasteiger partial charge in [-0.2, -0.15) is 12.2 Å². The SMILES string of the molecule is CC(CC1CCC(n2cnc3c(N)ncnc32)O1)PS. The molecule has 0 spiro atoms. The quantitative estimate of drug-likeness (QED) is 0.669. The van der Waals surface area contributed by atoms with Crippen LogP contribution < -0.4 is 5.73 Å². The third-order valence-electron chi connectivity index (χ3n) is 3.62. The first kappa shape index (κ1) is 14.0. The van der Waals surface area contributed by atoms with Crippen LogP contribution in [0.1, 0.15) is 32.4 Å². The molecule has 20 heavy (non-hydrogen) atoms. The van der Waals surface area contributed by atoms with Gasteiger partial charge in [-0.15, -0.1) is 0 Å². The van der Waals surface area contributed by atoms with Crippen LogP contribution in [-0.4, -0.2) is 31.3 Å². The zero-order valence-electron chi connectivity index (χ0n) is 11.2. The first-order valence-electron chi connectivity index (χ1n) is 6.67. The summed E-state index contributed by atoms with van der Waals surface area (Å²) in [7, 11) is 0.664. The number of rotatable bonds is 4. The van der Waals surface area contributed by atoms with E-state index in [1.165, 1.54) is 6.33 Å². The molecule has 1 saturated heterocycles. The van der Waals surface area contributed by atoms with Gasteiger partial charge in [-0.1, -0.05) is 14.7 Å². The fraction of sp³-hybridized carbons (Fsp3) is 0.583. The Morgan fingerprint density at radius 3 is 3.15 bits per heavy atom. The van der Waals surface area contributed by atoms with Crippen molar-refractivity contribution in [3.05, 3.63) is 12.7 Å². The molecule has 0 aromatic carbocycles. The van der Waals surface area contributed by atoms with Gasteiger partial charge in [-0.05, 0) is 24.9 Å². The van der Waals surface area contributed by atoms with Crippen LogP contribution in [0.4, 0.5) is 5.82 Å². The van der Waals surface area contributed by atoms with Gasteiger partial charge in [0, 0.05) is 0 Å². The summed E-state index contributed by atoms with van der Waals surface area (Å²) in [5, 5.41) is 0. The van der Waals surface area contributed by atoms with E-state index in [1.54, 1.807) is 6.33 Å². The Hall–Kier alpha value is -0.910. The highest BCUT2D eigenvalue weighted by atomic mass is 32.7. The second kappa shape index (κ2) is 5.84. The summed E-state index contributed by atoms with van der Waals surface area (Å²) in [5.41, 5.74) is 7.79. The van der Waals surface area contributed by atoms with Crippen LogP contribution in [0, 0.1) is 0 Å². The third kappa shape index (κ3) is 2.62. The molecule has 0 amide bonds. The Bertz CT molecular complexity index is 607. The van der Waals surface area contributed by atoms with E-state index < -0.39 is 0 Å². The highest BCUT2D eigenvalue weighted by Crippen LogP contribution is 2.36. The molecule has 0 radical (unpaired) electrons. The topological polar surface area (TPSA) is 78.9 Å². The predicted molar refractivity (Wildman–Crippen MR) is 84.3 cm³/mol. The minimum Gasteiger partial charge on any atom is -0.382 e. The monoisotopic (exact) mass is 311 g/mol. The van der Waals surface area contributed by atoms with Gasteiger partial charge in [0.15, 0.2) is 11.5 Å². The van der Waals surface area contributed by atoms with Crippen molar-refractivity contribution in [1.82, 2.24) is 19.5 Å². The number of nitrogens with two attached hydrogens (primary N) is 1. The first-order chi connectivity index (χ1) is 9.69. The molecular weight excluding hydrogens is 293 g/mol. The summed E-state index contributed by atoms with van der Waals surface area (Å²) in [5.74, 6) is 0.410. The van der Waals surface area contributed by atoms with Gasteiger partial charge in [0.2, 0.25) is 0 Å². The average Bonchev–Trinajstić information content (AvgIpc) is 3.05. The lowest BCUT2D eigenvalue weighted by Gasteiger charge is -2.17. The molecule has 2 aromatic heterocycles. The second-order valence-electron chi connectivity index (χ2n) is 5.14. The van der Waals surface area contributed by atoms with Crippen molar-refractivity contribution >= 4 is 37.0 Å². The van der Waals surface area contributed by atoms with E-state index in [-0.39, 0.29) is 6.23 Å². The van der Waals surface area contributed by atoms with Crippen LogP contribution in [0.5, 0.6) is 0 Å². The summed E-state index contributed by atoms with van der Waals surface area (Å²) >= 11 is 4.36.